The molecule has 0 unspecified atom stereocenters. The van der Waals surface area contributed by atoms with Gasteiger partial charge < -0.3 is 20.1 Å². The Morgan fingerprint density at radius 2 is 1.58 bits per heavy atom. The predicted octanol–water partition coefficient (Wildman–Crippen LogP) is 3.65. The predicted molar refractivity (Wildman–Crippen MR) is 105 cm³/mol. The van der Waals surface area contributed by atoms with Crippen LogP contribution in [0.2, 0.25) is 0 Å². The highest BCUT2D eigenvalue weighted by Crippen LogP contribution is 2.33. The van der Waals surface area contributed by atoms with Crippen molar-refractivity contribution < 1.29 is 10.2 Å². The van der Waals surface area contributed by atoms with Crippen LogP contribution >= 0.6 is 31.9 Å². The number of aromatic nitrogens is 1. The molecule has 1 atom stereocenters. The number of aliphatic hydroxyl groups excluding tert-OH is 2. The van der Waals surface area contributed by atoms with Gasteiger partial charge in [-0.05, 0) is 49.4 Å². The summed E-state index contributed by atoms with van der Waals surface area (Å²) in [6.45, 7) is 1.91. The van der Waals surface area contributed by atoms with Crippen molar-refractivity contribution in [3.63, 3.8) is 0 Å². The summed E-state index contributed by atoms with van der Waals surface area (Å²) in [5.41, 5.74) is 2.22. The Morgan fingerprint density at radius 1 is 1.00 bits per heavy atom. The number of rotatable bonds is 7. The van der Waals surface area contributed by atoms with Gasteiger partial charge in [-0.2, -0.15) is 0 Å². The standard InChI is InChI=1S/C18H20Br2N2O2/c19-12-2-4-17-15(8-12)16-9-13(20)3-5-18(16)22(17)11-14(24)10-21-6-1-7-23/h2-5,8-9,14,21,23-24H,1,6-7,10-11H2/t14-/m0/s1. The molecule has 0 fully saturated rings. The third-order valence-corrected chi connectivity index (χ3v) is 5.06. The first-order valence-electron chi connectivity index (χ1n) is 7.97. The molecule has 3 aromatic rings. The molecule has 0 spiro atoms. The lowest BCUT2D eigenvalue weighted by Gasteiger charge is -2.15. The van der Waals surface area contributed by atoms with Gasteiger partial charge in [0, 0.05) is 43.9 Å². The Kier molecular flexibility index (Phi) is 5.94. The van der Waals surface area contributed by atoms with Crippen LogP contribution in [-0.4, -0.2) is 40.6 Å². The molecule has 0 radical (unpaired) electrons. The van der Waals surface area contributed by atoms with Crippen molar-refractivity contribution in [2.24, 2.45) is 0 Å². The summed E-state index contributed by atoms with van der Waals surface area (Å²) < 4.78 is 4.25. The van der Waals surface area contributed by atoms with Gasteiger partial charge in [0.15, 0.2) is 0 Å². The summed E-state index contributed by atoms with van der Waals surface area (Å²) in [7, 11) is 0. The normalized spacial score (nSPS) is 13.0. The van der Waals surface area contributed by atoms with Gasteiger partial charge >= 0.3 is 0 Å². The Hall–Kier alpha value is -0.920. The minimum atomic E-state index is -0.491. The molecule has 0 aliphatic carbocycles. The van der Waals surface area contributed by atoms with Crippen LogP contribution in [0.15, 0.2) is 45.3 Å². The van der Waals surface area contributed by atoms with E-state index in [1.807, 2.05) is 12.1 Å². The van der Waals surface area contributed by atoms with Crippen molar-refractivity contribution in [1.82, 2.24) is 9.88 Å². The topological polar surface area (TPSA) is 57.4 Å². The van der Waals surface area contributed by atoms with E-state index < -0.39 is 6.10 Å². The van der Waals surface area contributed by atoms with Crippen molar-refractivity contribution in [3.8, 4) is 0 Å². The number of halogens is 2. The Labute approximate surface area is 157 Å². The van der Waals surface area contributed by atoms with Crippen molar-refractivity contribution >= 4 is 53.7 Å². The Morgan fingerprint density at radius 3 is 2.12 bits per heavy atom. The lowest BCUT2D eigenvalue weighted by Crippen LogP contribution is -2.31. The van der Waals surface area contributed by atoms with E-state index in [1.54, 1.807) is 0 Å². The summed E-state index contributed by atoms with van der Waals surface area (Å²) in [4.78, 5) is 0. The van der Waals surface area contributed by atoms with Crippen molar-refractivity contribution in [2.75, 3.05) is 19.7 Å². The van der Waals surface area contributed by atoms with Gasteiger partial charge in [0.2, 0.25) is 0 Å². The van der Waals surface area contributed by atoms with Crippen molar-refractivity contribution in [2.45, 2.75) is 19.1 Å². The number of nitrogens with one attached hydrogen (secondary N) is 1. The summed E-state index contributed by atoms with van der Waals surface area (Å²) in [6, 6.07) is 12.5. The van der Waals surface area contributed by atoms with E-state index in [9.17, 15) is 5.11 Å². The highest BCUT2D eigenvalue weighted by atomic mass is 79.9. The Bertz CT molecular complexity index is 789. The molecule has 4 nitrogen and oxygen atoms in total. The molecule has 0 bridgehead atoms. The van der Waals surface area contributed by atoms with E-state index in [2.05, 4.69) is 66.0 Å². The Balaban J connectivity index is 1.93. The molecular formula is C18H20Br2N2O2. The van der Waals surface area contributed by atoms with Gasteiger partial charge in [-0.25, -0.2) is 0 Å². The summed E-state index contributed by atoms with van der Waals surface area (Å²) in [5, 5.41) is 24.7. The van der Waals surface area contributed by atoms with Gasteiger partial charge in [-0.1, -0.05) is 31.9 Å². The molecule has 3 N–H and O–H groups in total. The monoisotopic (exact) mass is 454 g/mol. The molecule has 1 aromatic heterocycles. The third-order valence-electron chi connectivity index (χ3n) is 4.07. The second-order valence-electron chi connectivity index (χ2n) is 5.87. The second kappa shape index (κ2) is 7.97. The third kappa shape index (κ3) is 3.83. The maximum absolute atomic E-state index is 10.4. The van der Waals surface area contributed by atoms with E-state index in [-0.39, 0.29) is 6.61 Å². The zero-order valence-corrected chi connectivity index (χ0v) is 16.3. The highest BCUT2D eigenvalue weighted by molar-refractivity contribution is 9.10. The molecule has 0 saturated heterocycles. The van der Waals surface area contributed by atoms with E-state index in [1.165, 1.54) is 10.8 Å². The maximum Gasteiger partial charge on any atom is 0.0843 e. The zero-order valence-electron chi connectivity index (χ0n) is 13.2. The number of hydrogen-bond donors (Lipinski definition) is 3. The molecule has 0 aliphatic heterocycles. The molecule has 0 amide bonds. The first-order chi connectivity index (χ1) is 11.6. The minimum absolute atomic E-state index is 0.166. The van der Waals surface area contributed by atoms with E-state index in [4.69, 9.17) is 5.11 Å². The second-order valence-corrected chi connectivity index (χ2v) is 7.70. The van der Waals surface area contributed by atoms with E-state index >= 15 is 0 Å². The van der Waals surface area contributed by atoms with Gasteiger partial charge in [0.05, 0.1) is 12.6 Å². The fraction of sp³-hybridized carbons (Fsp3) is 0.333. The lowest BCUT2D eigenvalue weighted by molar-refractivity contribution is 0.153. The van der Waals surface area contributed by atoms with Crippen LogP contribution < -0.4 is 5.32 Å². The largest absolute Gasteiger partial charge is 0.396 e. The average Bonchev–Trinajstić information content (AvgIpc) is 2.84. The van der Waals surface area contributed by atoms with E-state index in [0.29, 0.717) is 26.1 Å². The zero-order chi connectivity index (χ0) is 17.1. The number of fused-ring (bicyclic) bond motifs is 3. The van der Waals surface area contributed by atoms with Gasteiger partial charge in [-0.15, -0.1) is 0 Å². The summed E-state index contributed by atoms with van der Waals surface area (Å²) in [5.74, 6) is 0. The SMILES string of the molecule is OCCCNC[C@H](O)Cn1c2ccc(Br)cc2c2cc(Br)ccc21. The van der Waals surface area contributed by atoms with Crippen molar-refractivity contribution in [1.29, 1.82) is 0 Å². The lowest BCUT2D eigenvalue weighted by atomic mass is 10.2. The van der Waals surface area contributed by atoms with Crippen LogP contribution in [0.3, 0.4) is 0 Å². The molecule has 128 valence electrons. The minimum Gasteiger partial charge on any atom is -0.396 e. The fourth-order valence-corrected chi connectivity index (χ4v) is 3.72. The average molecular weight is 456 g/mol. The first-order valence-corrected chi connectivity index (χ1v) is 9.55. The number of hydrogen-bond acceptors (Lipinski definition) is 3. The number of benzene rings is 2. The van der Waals surface area contributed by atoms with Crippen LogP contribution in [0.5, 0.6) is 0 Å². The molecule has 0 aliphatic rings. The number of aliphatic hydroxyl groups is 2. The molecule has 2 aromatic carbocycles. The van der Waals surface area contributed by atoms with Crippen LogP contribution in [0, 0.1) is 0 Å². The van der Waals surface area contributed by atoms with Crippen LogP contribution in [-0.2, 0) is 6.54 Å². The summed E-state index contributed by atoms with van der Waals surface area (Å²) >= 11 is 7.09. The van der Waals surface area contributed by atoms with Crippen LogP contribution in [0.4, 0.5) is 0 Å². The smallest absolute Gasteiger partial charge is 0.0843 e. The number of nitrogens with zero attached hydrogens (tertiary/aromatic N) is 1. The maximum atomic E-state index is 10.4. The van der Waals surface area contributed by atoms with Gasteiger partial charge in [-0.3, -0.25) is 0 Å². The molecule has 1 heterocycles. The molecular weight excluding hydrogens is 436 g/mol. The molecule has 3 rings (SSSR count). The molecule has 24 heavy (non-hydrogen) atoms. The summed E-state index contributed by atoms with van der Waals surface area (Å²) in [6.07, 6.45) is 0.208. The van der Waals surface area contributed by atoms with Crippen LogP contribution in [0.25, 0.3) is 21.8 Å². The van der Waals surface area contributed by atoms with Gasteiger partial charge in [0.1, 0.15) is 0 Å². The molecule has 6 heteroatoms. The quantitative estimate of drug-likeness (QED) is 0.476. The van der Waals surface area contributed by atoms with Crippen molar-refractivity contribution in [3.05, 3.63) is 45.3 Å². The van der Waals surface area contributed by atoms with Crippen LogP contribution in [0.1, 0.15) is 6.42 Å². The first kappa shape index (κ1) is 17.9. The highest BCUT2D eigenvalue weighted by Gasteiger charge is 2.14. The van der Waals surface area contributed by atoms with E-state index in [0.717, 1.165) is 20.0 Å². The fourth-order valence-electron chi connectivity index (χ4n) is 2.99. The van der Waals surface area contributed by atoms with Gasteiger partial charge in [0.25, 0.3) is 0 Å². The molecule has 0 saturated carbocycles.